The van der Waals surface area contributed by atoms with Crippen LogP contribution in [0, 0.1) is 0 Å². The minimum absolute atomic E-state index is 0.324. The Morgan fingerprint density at radius 1 is 1.05 bits per heavy atom. The van der Waals surface area contributed by atoms with E-state index in [1.165, 1.54) is 24.0 Å². The second-order valence-electron chi connectivity index (χ2n) is 5.35. The molecule has 0 radical (unpaired) electrons. The van der Waals surface area contributed by atoms with Gasteiger partial charge in [-0.3, -0.25) is 4.90 Å². The number of hydrogen-bond donors (Lipinski definition) is 1. The molecule has 1 aliphatic rings. The summed E-state index contributed by atoms with van der Waals surface area (Å²) in [4.78, 5) is 2.50. The number of phenols is 1. The fraction of sp³-hybridized carbons (Fsp3) is 0.294. The van der Waals surface area contributed by atoms with Gasteiger partial charge in [0.15, 0.2) is 0 Å². The normalized spacial score (nSPS) is 19.4. The molecule has 2 aromatic carbocycles. The maximum Gasteiger partial charge on any atom is 0.115 e. The van der Waals surface area contributed by atoms with Crippen LogP contribution in [0.1, 0.15) is 30.0 Å². The van der Waals surface area contributed by atoms with Crippen molar-refractivity contribution in [3.63, 3.8) is 0 Å². The van der Waals surface area contributed by atoms with Crippen molar-refractivity contribution in [2.45, 2.75) is 25.4 Å². The molecule has 1 N–H and O–H groups in total. The smallest absolute Gasteiger partial charge is 0.115 e. The van der Waals surface area contributed by atoms with E-state index in [2.05, 4.69) is 17.0 Å². The van der Waals surface area contributed by atoms with E-state index >= 15 is 0 Å². The predicted molar refractivity (Wildman–Crippen MR) is 81.9 cm³/mol. The molecule has 1 heterocycles. The van der Waals surface area contributed by atoms with Gasteiger partial charge in [-0.05, 0) is 54.8 Å². The lowest BCUT2D eigenvalue weighted by molar-refractivity contribution is 0.248. The van der Waals surface area contributed by atoms with Gasteiger partial charge in [-0.25, -0.2) is 0 Å². The van der Waals surface area contributed by atoms with Gasteiger partial charge in [0.1, 0.15) is 5.75 Å². The number of rotatable bonds is 3. The van der Waals surface area contributed by atoms with Crippen LogP contribution in [0.15, 0.2) is 48.5 Å². The molecule has 2 nitrogen and oxygen atoms in total. The summed E-state index contributed by atoms with van der Waals surface area (Å²) in [7, 11) is 0. The zero-order valence-corrected chi connectivity index (χ0v) is 12.1. The third-order valence-electron chi connectivity index (χ3n) is 3.94. The third-order valence-corrected chi connectivity index (χ3v) is 4.19. The highest BCUT2D eigenvalue weighted by atomic mass is 35.5. The van der Waals surface area contributed by atoms with Crippen molar-refractivity contribution in [3.05, 3.63) is 64.7 Å². The second kappa shape index (κ2) is 5.86. The van der Waals surface area contributed by atoms with Gasteiger partial charge in [-0.15, -0.1) is 0 Å². The molecule has 3 heteroatoms. The van der Waals surface area contributed by atoms with Crippen LogP contribution in [-0.4, -0.2) is 16.6 Å². The van der Waals surface area contributed by atoms with E-state index in [9.17, 15) is 5.11 Å². The molecule has 0 aromatic heterocycles. The highest BCUT2D eigenvalue weighted by Crippen LogP contribution is 2.33. The lowest BCUT2D eigenvalue weighted by Crippen LogP contribution is -2.22. The zero-order chi connectivity index (χ0) is 13.9. The van der Waals surface area contributed by atoms with Crippen LogP contribution in [0.2, 0.25) is 5.02 Å². The van der Waals surface area contributed by atoms with E-state index < -0.39 is 0 Å². The van der Waals surface area contributed by atoms with E-state index in [0.29, 0.717) is 11.8 Å². The molecule has 1 fully saturated rings. The molecule has 0 bridgehead atoms. The standard InChI is InChI=1S/C17H18ClNO/c18-15-7-5-14(6-8-15)17-2-1-11-19(17)12-13-3-9-16(20)10-4-13/h3-10,17,20H,1-2,11-12H2. The Labute approximate surface area is 124 Å². The van der Waals surface area contributed by atoms with Crippen molar-refractivity contribution < 1.29 is 5.11 Å². The summed E-state index contributed by atoms with van der Waals surface area (Å²) in [6.07, 6.45) is 2.42. The fourth-order valence-corrected chi connectivity index (χ4v) is 3.04. The van der Waals surface area contributed by atoms with E-state index in [1.807, 2.05) is 24.3 Å². The van der Waals surface area contributed by atoms with Crippen LogP contribution < -0.4 is 0 Å². The minimum Gasteiger partial charge on any atom is -0.508 e. The lowest BCUT2D eigenvalue weighted by Gasteiger charge is -2.25. The highest BCUT2D eigenvalue weighted by Gasteiger charge is 2.25. The van der Waals surface area contributed by atoms with Crippen molar-refractivity contribution in [2.24, 2.45) is 0 Å². The first-order valence-electron chi connectivity index (χ1n) is 7.00. The number of hydrogen-bond acceptors (Lipinski definition) is 2. The summed E-state index contributed by atoms with van der Waals surface area (Å²) in [6, 6.07) is 16.2. The lowest BCUT2D eigenvalue weighted by atomic mass is 10.0. The Hall–Kier alpha value is -1.51. The molecule has 20 heavy (non-hydrogen) atoms. The molecule has 1 aliphatic heterocycles. The van der Waals surface area contributed by atoms with Crippen molar-refractivity contribution in [3.8, 4) is 5.75 Å². The number of phenolic OH excluding ortho intramolecular Hbond substituents is 1. The van der Waals surface area contributed by atoms with Gasteiger partial charge in [0.05, 0.1) is 0 Å². The summed E-state index contributed by atoms with van der Waals surface area (Å²) in [6.45, 7) is 2.04. The predicted octanol–water partition coefficient (Wildman–Crippen LogP) is 4.38. The fourth-order valence-electron chi connectivity index (χ4n) is 2.91. The van der Waals surface area contributed by atoms with E-state index in [4.69, 9.17) is 11.6 Å². The van der Waals surface area contributed by atoms with E-state index in [-0.39, 0.29) is 0 Å². The molecule has 104 valence electrons. The van der Waals surface area contributed by atoms with Crippen molar-refractivity contribution in [2.75, 3.05) is 6.54 Å². The van der Waals surface area contributed by atoms with Gasteiger partial charge >= 0.3 is 0 Å². The van der Waals surface area contributed by atoms with Gasteiger partial charge in [-0.1, -0.05) is 35.9 Å². The Bertz CT molecular complexity index is 565. The summed E-state index contributed by atoms with van der Waals surface area (Å²) in [5.41, 5.74) is 2.58. The van der Waals surface area contributed by atoms with Crippen LogP contribution in [0.25, 0.3) is 0 Å². The average molecular weight is 288 g/mol. The SMILES string of the molecule is Oc1ccc(CN2CCCC2c2ccc(Cl)cc2)cc1. The molecular weight excluding hydrogens is 270 g/mol. The molecule has 0 amide bonds. The largest absolute Gasteiger partial charge is 0.508 e. The van der Waals surface area contributed by atoms with Gasteiger partial charge in [-0.2, -0.15) is 0 Å². The maximum absolute atomic E-state index is 9.35. The van der Waals surface area contributed by atoms with Crippen LogP contribution in [0.4, 0.5) is 0 Å². The van der Waals surface area contributed by atoms with Crippen molar-refractivity contribution in [1.82, 2.24) is 4.90 Å². The number of nitrogens with zero attached hydrogens (tertiary/aromatic N) is 1. The number of aromatic hydroxyl groups is 1. The maximum atomic E-state index is 9.35. The Morgan fingerprint density at radius 3 is 2.45 bits per heavy atom. The number of benzene rings is 2. The van der Waals surface area contributed by atoms with Crippen molar-refractivity contribution in [1.29, 1.82) is 0 Å². The molecule has 1 atom stereocenters. The van der Waals surface area contributed by atoms with Crippen LogP contribution in [0.3, 0.4) is 0 Å². The first-order valence-corrected chi connectivity index (χ1v) is 7.37. The van der Waals surface area contributed by atoms with E-state index in [0.717, 1.165) is 18.1 Å². The molecule has 2 aromatic rings. The summed E-state index contributed by atoms with van der Waals surface area (Å²) >= 11 is 5.96. The third kappa shape index (κ3) is 2.97. The van der Waals surface area contributed by atoms with Crippen molar-refractivity contribution >= 4 is 11.6 Å². The zero-order valence-electron chi connectivity index (χ0n) is 11.3. The Balaban J connectivity index is 1.75. The Kier molecular flexibility index (Phi) is 3.95. The van der Waals surface area contributed by atoms with Gasteiger partial charge < -0.3 is 5.11 Å². The van der Waals surface area contributed by atoms with Gasteiger partial charge in [0.25, 0.3) is 0 Å². The quantitative estimate of drug-likeness (QED) is 0.905. The monoisotopic (exact) mass is 287 g/mol. The van der Waals surface area contributed by atoms with Gasteiger partial charge in [0, 0.05) is 17.6 Å². The number of likely N-dealkylation sites (tertiary alicyclic amines) is 1. The summed E-state index contributed by atoms with van der Waals surface area (Å²) in [5, 5.41) is 10.1. The average Bonchev–Trinajstić information content (AvgIpc) is 2.90. The molecule has 1 unspecified atom stereocenters. The van der Waals surface area contributed by atoms with E-state index in [1.54, 1.807) is 12.1 Å². The summed E-state index contributed by atoms with van der Waals surface area (Å²) in [5.74, 6) is 0.324. The highest BCUT2D eigenvalue weighted by molar-refractivity contribution is 6.30. The molecule has 0 aliphatic carbocycles. The molecule has 0 saturated carbocycles. The minimum atomic E-state index is 0.324. The molecule has 0 spiro atoms. The topological polar surface area (TPSA) is 23.5 Å². The van der Waals surface area contributed by atoms with Crippen LogP contribution >= 0.6 is 11.6 Å². The van der Waals surface area contributed by atoms with Crippen LogP contribution in [-0.2, 0) is 6.54 Å². The van der Waals surface area contributed by atoms with Crippen LogP contribution in [0.5, 0.6) is 5.75 Å². The molecule has 1 saturated heterocycles. The first-order chi connectivity index (χ1) is 9.72. The summed E-state index contributed by atoms with van der Waals surface area (Å²) < 4.78 is 0. The molecular formula is C17H18ClNO. The number of halogens is 1. The Morgan fingerprint density at radius 2 is 1.75 bits per heavy atom. The first kappa shape index (κ1) is 13.5. The van der Waals surface area contributed by atoms with Gasteiger partial charge in [0.2, 0.25) is 0 Å². The molecule has 3 rings (SSSR count). The second-order valence-corrected chi connectivity index (χ2v) is 5.78.